The maximum absolute atomic E-state index is 12.3. The van der Waals surface area contributed by atoms with Gasteiger partial charge in [-0.25, -0.2) is 0 Å². The lowest BCUT2D eigenvalue weighted by molar-refractivity contribution is -0.384. The summed E-state index contributed by atoms with van der Waals surface area (Å²) in [5, 5.41) is 10.9. The van der Waals surface area contributed by atoms with Gasteiger partial charge in [0.15, 0.2) is 5.75 Å². The fraction of sp³-hybridized carbons (Fsp3) is 0.333. The average Bonchev–Trinajstić information content (AvgIpc) is 2.63. The average molecular weight is 357 g/mol. The van der Waals surface area contributed by atoms with E-state index in [4.69, 9.17) is 4.74 Å². The molecule has 1 aromatic carbocycles. The highest BCUT2D eigenvalue weighted by Crippen LogP contribution is 2.31. The summed E-state index contributed by atoms with van der Waals surface area (Å²) in [6, 6.07) is 5.88. The van der Waals surface area contributed by atoms with Crippen LogP contribution >= 0.6 is 0 Å². The van der Waals surface area contributed by atoms with Gasteiger partial charge in [-0.2, -0.15) is 0 Å². The number of aryl methyl sites for hydroxylation is 1. The SMILES string of the molecule is CCCOc1c[nH]c(CN2C(=O)CCc3cc([N+](=O)[O-])ccc32)cc1=O. The molecule has 2 aromatic rings. The van der Waals surface area contributed by atoms with Crippen LogP contribution in [0, 0.1) is 10.1 Å². The van der Waals surface area contributed by atoms with Gasteiger partial charge in [-0.05, 0) is 24.5 Å². The third-order valence-corrected chi connectivity index (χ3v) is 4.20. The third-order valence-electron chi connectivity index (χ3n) is 4.20. The van der Waals surface area contributed by atoms with Gasteiger partial charge < -0.3 is 14.6 Å². The number of nitro benzene ring substituents is 1. The van der Waals surface area contributed by atoms with E-state index in [2.05, 4.69) is 4.98 Å². The van der Waals surface area contributed by atoms with Gasteiger partial charge >= 0.3 is 0 Å². The van der Waals surface area contributed by atoms with Crippen molar-refractivity contribution in [3.05, 3.63) is 62.1 Å². The number of nitrogens with zero attached hydrogens (tertiary/aromatic N) is 2. The number of amides is 1. The number of rotatable bonds is 6. The number of aromatic amines is 1. The maximum atomic E-state index is 12.3. The molecule has 0 unspecified atom stereocenters. The third kappa shape index (κ3) is 3.58. The van der Waals surface area contributed by atoms with Crippen molar-refractivity contribution in [3.63, 3.8) is 0 Å². The van der Waals surface area contributed by atoms with Gasteiger partial charge in [0.1, 0.15) is 0 Å². The predicted octanol–water partition coefficient (Wildman–Crippen LogP) is 2.55. The lowest BCUT2D eigenvalue weighted by atomic mass is 10.00. The van der Waals surface area contributed by atoms with Crippen LogP contribution in [-0.2, 0) is 17.8 Å². The van der Waals surface area contributed by atoms with Crippen molar-refractivity contribution in [1.29, 1.82) is 0 Å². The van der Waals surface area contributed by atoms with Crippen molar-refractivity contribution in [1.82, 2.24) is 4.98 Å². The Kier molecular flexibility index (Phi) is 5.01. The molecule has 1 aliphatic rings. The van der Waals surface area contributed by atoms with E-state index in [0.717, 1.165) is 12.0 Å². The van der Waals surface area contributed by atoms with Crippen molar-refractivity contribution in [2.75, 3.05) is 11.5 Å². The number of anilines is 1. The number of pyridine rings is 1. The van der Waals surface area contributed by atoms with E-state index in [-0.39, 0.29) is 35.7 Å². The van der Waals surface area contributed by atoms with Gasteiger partial charge in [0.25, 0.3) is 5.69 Å². The van der Waals surface area contributed by atoms with Crippen LogP contribution in [0.2, 0.25) is 0 Å². The first-order valence-corrected chi connectivity index (χ1v) is 8.41. The molecule has 0 atom stereocenters. The molecule has 0 radical (unpaired) electrons. The normalized spacial score (nSPS) is 13.4. The Morgan fingerprint density at radius 2 is 2.08 bits per heavy atom. The molecule has 0 saturated heterocycles. The predicted molar refractivity (Wildman–Crippen MR) is 95.5 cm³/mol. The smallest absolute Gasteiger partial charge is 0.269 e. The number of hydrogen-bond acceptors (Lipinski definition) is 5. The summed E-state index contributed by atoms with van der Waals surface area (Å²) >= 11 is 0. The van der Waals surface area contributed by atoms with Crippen LogP contribution in [0.3, 0.4) is 0 Å². The molecule has 1 aromatic heterocycles. The Bertz CT molecular complexity index is 906. The van der Waals surface area contributed by atoms with Gasteiger partial charge in [0.05, 0.1) is 18.1 Å². The molecule has 1 aliphatic heterocycles. The standard InChI is InChI=1S/C18H19N3O5/c1-2-7-26-17-10-19-13(9-16(17)22)11-20-15-5-4-14(21(24)25)8-12(15)3-6-18(20)23/h4-5,8-10H,2-3,6-7,11H2,1H3,(H,19,22). The fourth-order valence-corrected chi connectivity index (χ4v) is 2.92. The molecule has 26 heavy (non-hydrogen) atoms. The van der Waals surface area contributed by atoms with Crippen LogP contribution in [0.4, 0.5) is 11.4 Å². The number of aromatic nitrogens is 1. The molecule has 0 fully saturated rings. The summed E-state index contributed by atoms with van der Waals surface area (Å²) in [4.78, 5) is 39.5. The summed E-state index contributed by atoms with van der Waals surface area (Å²) in [6.07, 6.45) is 3.04. The lowest BCUT2D eigenvalue weighted by Gasteiger charge is -2.29. The number of ether oxygens (including phenoxy) is 1. The topological polar surface area (TPSA) is 106 Å². The molecule has 8 nitrogen and oxygen atoms in total. The van der Waals surface area contributed by atoms with Crippen LogP contribution in [0.5, 0.6) is 5.75 Å². The Morgan fingerprint density at radius 1 is 1.27 bits per heavy atom. The fourth-order valence-electron chi connectivity index (χ4n) is 2.92. The highest BCUT2D eigenvalue weighted by atomic mass is 16.6. The molecule has 0 bridgehead atoms. The van der Waals surface area contributed by atoms with Crippen LogP contribution in [0.15, 0.2) is 35.3 Å². The molecule has 0 aliphatic carbocycles. The molecule has 8 heteroatoms. The molecule has 0 spiro atoms. The van der Waals surface area contributed by atoms with Crippen LogP contribution in [-0.4, -0.2) is 22.4 Å². The molecule has 0 saturated carbocycles. The van der Waals surface area contributed by atoms with Crippen LogP contribution in [0.25, 0.3) is 0 Å². The minimum Gasteiger partial charge on any atom is -0.488 e. The summed E-state index contributed by atoms with van der Waals surface area (Å²) in [5.74, 6) is 0.162. The summed E-state index contributed by atoms with van der Waals surface area (Å²) < 4.78 is 5.36. The van der Waals surface area contributed by atoms with Gasteiger partial charge in [-0.1, -0.05) is 6.92 Å². The summed E-state index contributed by atoms with van der Waals surface area (Å²) in [5.41, 5.74) is 1.71. The second kappa shape index (κ2) is 7.38. The van der Waals surface area contributed by atoms with E-state index in [0.29, 0.717) is 24.4 Å². The number of H-pyrrole nitrogens is 1. The van der Waals surface area contributed by atoms with E-state index in [1.807, 2.05) is 6.92 Å². The minimum absolute atomic E-state index is 0.00359. The van der Waals surface area contributed by atoms with E-state index >= 15 is 0 Å². The number of carbonyl (C=O) groups is 1. The monoisotopic (exact) mass is 357 g/mol. The zero-order valence-corrected chi connectivity index (χ0v) is 14.4. The number of non-ortho nitro benzene ring substituents is 1. The van der Waals surface area contributed by atoms with Crippen molar-refractivity contribution >= 4 is 17.3 Å². The second-order valence-electron chi connectivity index (χ2n) is 6.09. The van der Waals surface area contributed by atoms with E-state index < -0.39 is 4.92 Å². The highest BCUT2D eigenvalue weighted by Gasteiger charge is 2.26. The Labute approximate surface area is 149 Å². The van der Waals surface area contributed by atoms with Crippen molar-refractivity contribution < 1.29 is 14.5 Å². The molecule has 1 amide bonds. The van der Waals surface area contributed by atoms with E-state index in [1.54, 1.807) is 11.0 Å². The molecule has 1 N–H and O–H groups in total. The quantitative estimate of drug-likeness (QED) is 0.632. The second-order valence-corrected chi connectivity index (χ2v) is 6.09. The van der Waals surface area contributed by atoms with Gasteiger partial charge in [-0.15, -0.1) is 0 Å². The maximum Gasteiger partial charge on any atom is 0.269 e. The molecule has 3 rings (SSSR count). The first-order chi connectivity index (χ1) is 12.5. The van der Waals surface area contributed by atoms with Gasteiger partial charge in [0, 0.05) is 42.2 Å². The van der Waals surface area contributed by atoms with E-state index in [1.165, 1.54) is 24.4 Å². The minimum atomic E-state index is -0.451. The largest absolute Gasteiger partial charge is 0.488 e. The number of benzene rings is 1. The zero-order valence-electron chi connectivity index (χ0n) is 14.4. The van der Waals surface area contributed by atoms with Crippen molar-refractivity contribution in [2.45, 2.75) is 32.7 Å². The Morgan fingerprint density at radius 3 is 2.77 bits per heavy atom. The van der Waals surface area contributed by atoms with Gasteiger partial charge in [-0.3, -0.25) is 19.7 Å². The molecule has 136 valence electrons. The van der Waals surface area contributed by atoms with E-state index in [9.17, 15) is 19.7 Å². The molecular formula is C18H19N3O5. The van der Waals surface area contributed by atoms with Crippen molar-refractivity contribution in [3.8, 4) is 5.75 Å². The molecular weight excluding hydrogens is 338 g/mol. The summed E-state index contributed by atoms with van der Waals surface area (Å²) in [7, 11) is 0. The number of nitro groups is 1. The Hall–Kier alpha value is -3.16. The summed E-state index contributed by atoms with van der Waals surface area (Å²) in [6.45, 7) is 2.60. The molecule has 2 heterocycles. The number of hydrogen-bond donors (Lipinski definition) is 1. The highest BCUT2D eigenvalue weighted by molar-refractivity contribution is 5.96. The lowest BCUT2D eigenvalue weighted by Crippen LogP contribution is -2.35. The number of carbonyl (C=O) groups excluding carboxylic acids is 1. The van der Waals surface area contributed by atoms with Crippen LogP contribution < -0.4 is 15.1 Å². The number of fused-ring (bicyclic) bond motifs is 1. The first kappa shape index (κ1) is 17.7. The Balaban J connectivity index is 1.86. The number of nitrogens with one attached hydrogen (secondary N) is 1. The zero-order chi connectivity index (χ0) is 18.7. The first-order valence-electron chi connectivity index (χ1n) is 8.41. The van der Waals surface area contributed by atoms with Gasteiger partial charge in [0.2, 0.25) is 11.3 Å². The van der Waals surface area contributed by atoms with Crippen molar-refractivity contribution in [2.24, 2.45) is 0 Å². The van der Waals surface area contributed by atoms with Crippen LogP contribution in [0.1, 0.15) is 31.0 Å².